The van der Waals surface area contributed by atoms with E-state index in [2.05, 4.69) is 5.32 Å². The monoisotopic (exact) mass is 420 g/mol. The van der Waals surface area contributed by atoms with E-state index in [1.54, 1.807) is 6.92 Å². The molecular weight excluding hydrogens is 402 g/mol. The van der Waals surface area contributed by atoms with Crippen molar-refractivity contribution in [2.45, 2.75) is 38.8 Å². The summed E-state index contributed by atoms with van der Waals surface area (Å²) in [5, 5.41) is 1.84. The maximum absolute atomic E-state index is 15.1. The molecule has 30 heavy (non-hydrogen) atoms. The van der Waals surface area contributed by atoms with Gasteiger partial charge in [0, 0.05) is 17.8 Å². The van der Waals surface area contributed by atoms with E-state index in [-0.39, 0.29) is 30.4 Å². The highest BCUT2D eigenvalue weighted by atomic mass is 19.2. The molecule has 1 unspecified atom stereocenters. The summed E-state index contributed by atoms with van der Waals surface area (Å²) in [7, 11) is 0. The fourth-order valence-corrected chi connectivity index (χ4v) is 3.75. The molecule has 2 aliphatic rings. The van der Waals surface area contributed by atoms with E-state index >= 15 is 4.39 Å². The van der Waals surface area contributed by atoms with Crippen molar-refractivity contribution >= 4 is 28.7 Å². The van der Waals surface area contributed by atoms with Crippen molar-refractivity contribution in [3.05, 3.63) is 44.7 Å². The van der Waals surface area contributed by atoms with Crippen molar-refractivity contribution in [1.82, 2.24) is 9.88 Å². The lowest BCUT2D eigenvalue weighted by Crippen LogP contribution is -2.28. The van der Waals surface area contributed by atoms with Gasteiger partial charge in [-0.3, -0.25) is 9.59 Å². The van der Waals surface area contributed by atoms with E-state index in [1.807, 2.05) is 0 Å². The lowest BCUT2D eigenvalue weighted by molar-refractivity contribution is -0.145. The lowest BCUT2D eigenvalue weighted by atomic mass is 9.96. The Morgan fingerprint density at radius 2 is 1.80 bits per heavy atom. The molecule has 8 nitrogen and oxygen atoms in total. The van der Waals surface area contributed by atoms with E-state index < -0.39 is 57.4 Å². The summed E-state index contributed by atoms with van der Waals surface area (Å²) in [6.07, 6.45) is 2.42. The number of benzene rings is 1. The van der Waals surface area contributed by atoms with Crippen LogP contribution < -0.4 is 10.7 Å². The largest absolute Gasteiger partial charge is 0.464 e. The Hall–Kier alpha value is -3.30. The van der Waals surface area contributed by atoms with Gasteiger partial charge >= 0.3 is 11.9 Å². The first-order valence-electron chi connectivity index (χ1n) is 9.56. The van der Waals surface area contributed by atoms with Crippen LogP contribution in [0.3, 0.4) is 0 Å². The number of hydrogen-bond acceptors (Lipinski definition) is 6. The van der Waals surface area contributed by atoms with Crippen LogP contribution in [0.4, 0.5) is 8.78 Å². The second-order valence-electron chi connectivity index (χ2n) is 7.03. The zero-order valence-electron chi connectivity index (χ0n) is 16.2. The van der Waals surface area contributed by atoms with Crippen LogP contribution in [0.5, 0.6) is 0 Å². The minimum atomic E-state index is -1.50. The molecule has 0 radical (unpaired) electrons. The van der Waals surface area contributed by atoms with Gasteiger partial charge in [-0.15, -0.1) is 0 Å². The molecule has 1 amide bonds. The minimum absolute atomic E-state index is 0.00111. The summed E-state index contributed by atoms with van der Waals surface area (Å²) in [5.74, 6) is -5.74. The predicted octanol–water partition coefficient (Wildman–Crippen LogP) is 2.14. The fourth-order valence-electron chi connectivity index (χ4n) is 3.75. The van der Waals surface area contributed by atoms with Gasteiger partial charge in [-0.2, -0.15) is 0 Å². The van der Waals surface area contributed by atoms with Crippen LogP contribution in [0, 0.1) is 11.6 Å². The molecule has 10 heteroatoms. The predicted molar refractivity (Wildman–Crippen MR) is 99.2 cm³/mol. The van der Waals surface area contributed by atoms with Gasteiger partial charge in [0.25, 0.3) is 5.91 Å². The molecular formula is C20H18F2N2O6. The van der Waals surface area contributed by atoms with Crippen molar-refractivity contribution in [3.8, 4) is 0 Å². The summed E-state index contributed by atoms with van der Waals surface area (Å²) in [6.45, 7) is 3.08. The van der Waals surface area contributed by atoms with Crippen LogP contribution in [0.1, 0.15) is 65.1 Å². The Kier molecular flexibility index (Phi) is 4.79. The number of esters is 2. The van der Waals surface area contributed by atoms with Gasteiger partial charge in [-0.05, 0) is 26.7 Å². The number of pyridine rings is 1. The molecule has 1 aliphatic heterocycles. The molecule has 1 saturated carbocycles. The molecule has 1 fully saturated rings. The van der Waals surface area contributed by atoms with Crippen LogP contribution >= 0.6 is 0 Å². The maximum atomic E-state index is 15.1. The van der Waals surface area contributed by atoms with E-state index in [1.165, 1.54) is 11.5 Å². The first kappa shape index (κ1) is 20.0. The van der Waals surface area contributed by atoms with Crippen LogP contribution in [-0.4, -0.2) is 35.6 Å². The molecule has 1 atom stereocenters. The van der Waals surface area contributed by atoms with Gasteiger partial charge in [0.15, 0.2) is 17.7 Å². The molecule has 4 rings (SSSR count). The Labute approximate surface area is 168 Å². The number of amides is 1. The molecule has 2 aromatic rings. The molecule has 0 saturated heterocycles. The number of hydrogen-bond donors (Lipinski definition) is 1. The standard InChI is InChI=1S/C20H18F2N2O6/c1-3-29-19(27)9-7-24(8-5-6-8)16-12(17(9)25)10-11(13(21)14(16)22)18(26)23-15(10)20(28)30-4-2/h7-8,15H,3-6H2,1-2H3,(H,23,26). The Morgan fingerprint density at radius 1 is 1.13 bits per heavy atom. The summed E-state index contributed by atoms with van der Waals surface area (Å²) in [6, 6.07) is -1.75. The SMILES string of the molecule is CCOC(=O)c1cn(C2CC2)c2c(F)c(F)c3c(c2c1=O)C(C(=O)OCC)NC3=O. The number of rotatable bonds is 5. The Balaban J connectivity index is 2.14. The fraction of sp³-hybridized carbons (Fsp3) is 0.400. The van der Waals surface area contributed by atoms with Crippen LogP contribution in [0.15, 0.2) is 11.0 Å². The number of aromatic nitrogens is 1. The molecule has 1 aromatic carbocycles. The van der Waals surface area contributed by atoms with Crippen LogP contribution in [0.2, 0.25) is 0 Å². The van der Waals surface area contributed by atoms with Crippen molar-refractivity contribution in [3.63, 3.8) is 0 Å². The number of nitrogens with one attached hydrogen (secondary N) is 1. The molecule has 1 N–H and O–H groups in total. The zero-order valence-corrected chi connectivity index (χ0v) is 16.2. The lowest BCUT2D eigenvalue weighted by Gasteiger charge is -2.17. The van der Waals surface area contributed by atoms with Gasteiger partial charge in [-0.25, -0.2) is 18.4 Å². The molecule has 1 aromatic heterocycles. The highest BCUT2D eigenvalue weighted by Crippen LogP contribution is 2.41. The minimum Gasteiger partial charge on any atom is -0.464 e. The van der Waals surface area contributed by atoms with Gasteiger partial charge < -0.3 is 19.4 Å². The molecule has 1 aliphatic carbocycles. The average molecular weight is 420 g/mol. The second kappa shape index (κ2) is 7.19. The van der Waals surface area contributed by atoms with E-state index in [9.17, 15) is 23.6 Å². The normalized spacial score (nSPS) is 17.6. The van der Waals surface area contributed by atoms with Crippen molar-refractivity contribution in [1.29, 1.82) is 0 Å². The van der Waals surface area contributed by atoms with E-state index in [4.69, 9.17) is 9.47 Å². The maximum Gasteiger partial charge on any atom is 0.343 e. The molecule has 0 spiro atoms. The molecule has 158 valence electrons. The summed E-state index contributed by atoms with van der Waals surface area (Å²) < 4.78 is 41.1. The van der Waals surface area contributed by atoms with Crippen molar-refractivity contribution in [2.75, 3.05) is 13.2 Å². The van der Waals surface area contributed by atoms with Gasteiger partial charge in [0.2, 0.25) is 5.43 Å². The number of halogens is 2. The topological polar surface area (TPSA) is 104 Å². The number of ether oxygens (including phenoxy) is 2. The van der Waals surface area contributed by atoms with Crippen molar-refractivity contribution < 1.29 is 32.6 Å². The van der Waals surface area contributed by atoms with Gasteiger partial charge in [0.05, 0.1) is 29.7 Å². The summed E-state index contributed by atoms with van der Waals surface area (Å²) in [5.41, 5.74) is -2.78. The third-order valence-electron chi connectivity index (χ3n) is 5.14. The summed E-state index contributed by atoms with van der Waals surface area (Å²) >= 11 is 0. The number of nitrogens with zero attached hydrogens (tertiary/aromatic N) is 1. The summed E-state index contributed by atoms with van der Waals surface area (Å²) in [4.78, 5) is 50.3. The average Bonchev–Trinajstić information content (AvgIpc) is 3.48. The van der Waals surface area contributed by atoms with Gasteiger partial charge in [-0.1, -0.05) is 0 Å². The Bertz CT molecular complexity index is 1170. The highest BCUT2D eigenvalue weighted by Gasteiger charge is 2.43. The third kappa shape index (κ3) is 2.86. The van der Waals surface area contributed by atoms with E-state index in [0.717, 1.165) is 6.20 Å². The first-order chi connectivity index (χ1) is 14.3. The second-order valence-corrected chi connectivity index (χ2v) is 7.03. The molecule has 2 heterocycles. The zero-order chi connectivity index (χ0) is 21.7. The third-order valence-corrected chi connectivity index (χ3v) is 5.14. The number of fused-ring (bicyclic) bond motifs is 3. The Morgan fingerprint density at radius 3 is 2.40 bits per heavy atom. The van der Waals surface area contributed by atoms with E-state index in [0.29, 0.717) is 12.8 Å². The quantitative estimate of drug-likeness (QED) is 0.744. The van der Waals surface area contributed by atoms with Crippen molar-refractivity contribution in [2.24, 2.45) is 0 Å². The smallest absolute Gasteiger partial charge is 0.343 e. The first-order valence-corrected chi connectivity index (χ1v) is 9.56. The highest BCUT2D eigenvalue weighted by molar-refractivity contribution is 6.10. The number of carbonyl (C=O) groups excluding carboxylic acids is 3. The molecule has 0 bridgehead atoms. The van der Waals surface area contributed by atoms with Crippen LogP contribution in [0.25, 0.3) is 10.9 Å². The number of carbonyl (C=O) groups is 3. The van der Waals surface area contributed by atoms with Crippen LogP contribution in [-0.2, 0) is 14.3 Å². The van der Waals surface area contributed by atoms with Gasteiger partial charge in [0.1, 0.15) is 5.56 Å².